The maximum Gasteiger partial charge on any atom is 0.110 e. The fourth-order valence-corrected chi connectivity index (χ4v) is 2.60. The molecule has 2 rings (SSSR count). The fourth-order valence-electron chi connectivity index (χ4n) is 2.44. The van der Waals surface area contributed by atoms with Crippen LogP contribution >= 0.6 is 12.2 Å². The van der Waals surface area contributed by atoms with Gasteiger partial charge in [0.1, 0.15) is 10.5 Å². The molecule has 0 atom stereocenters. The first-order chi connectivity index (χ1) is 7.29. The van der Waals surface area contributed by atoms with Gasteiger partial charge in [-0.2, -0.15) is 0 Å². The van der Waals surface area contributed by atoms with Gasteiger partial charge in [0.15, 0.2) is 0 Å². The van der Waals surface area contributed by atoms with Gasteiger partial charge in [-0.1, -0.05) is 25.6 Å². The van der Waals surface area contributed by atoms with Gasteiger partial charge >= 0.3 is 0 Å². The van der Waals surface area contributed by atoms with Crippen LogP contribution in [0.3, 0.4) is 0 Å². The van der Waals surface area contributed by atoms with Gasteiger partial charge in [0.05, 0.1) is 0 Å². The van der Waals surface area contributed by atoms with E-state index in [-0.39, 0.29) is 0 Å². The number of nitrogens with one attached hydrogen (secondary N) is 1. The Kier molecular flexibility index (Phi) is 3.52. The molecule has 3 heteroatoms. The lowest BCUT2D eigenvalue weighted by Gasteiger charge is -2.26. The minimum Gasteiger partial charge on any atom is -0.335 e. The Labute approximate surface area is 96.1 Å². The van der Waals surface area contributed by atoms with Gasteiger partial charge < -0.3 is 4.98 Å². The first-order valence-corrected chi connectivity index (χ1v) is 6.25. The molecule has 0 bridgehead atoms. The van der Waals surface area contributed by atoms with Gasteiger partial charge in [0.25, 0.3) is 0 Å². The molecule has 1 aromatic heterocycles. The van der Waals surface area contributed by atoms with Crippen molar-refractivity contribution in [2.75, 3.05) is 0 Å². The van der Waals surface area contributed by atoms with E-state index in [0.717, 1.165) is 16.4 Å². The Morgan fingerprint density at radius 1 is 1.40 bits per heavy atom. The molecule has 15 heavy (non-hydrogen) atoms. The molecule has 0 aromatic carbocycles. The van der Waals surface area contributed by atoms with Crippen molar-refractivity contribution in [3.8, 4) is 0 Å². The third kappa shape index (κ3) is 2.65. The zero-order valence-electron chi connectivity index (χ0n) is 9.20. The summed E-state index contributed by atoms with van der Waals surface area (Å²) in [6.07, 6.45) is 8.36. The van der Waals surface area contributed by atoms with Crippen LogP contribution in [-0.4, -0.2) is 9.97 Å². The predicted octanol–water partition coefficient (Wildman–Crippen LogP) is 3.82. The largest absolute Gasteiger partial charge is 0.335 e. The van der Waals surface area contributed by atoms with E-state index in [1.54, 1.807) is 0 Å². The van der Waals surface area contributed by atoms with Crippen LogP contribution in [0.5, 0.6) is 0 Å². The highest BCUT2D eigenvalue weighted by atomic mass is 32.1. The van der Waals surface area contributed by atoms with Crippen LogP contribution in [-0.2, 0) is 0 Å². The van der Waals surface area contributed by atoms with Crippen LogP contribution in [0.4, 0.5) is 0 Å². The molecular weight excluding hydrogens is 204 g/mol. The average molecular weight is 222 g/mol. The number of rotatable bonds is 2. The van der Waals surface area contributed by atoms with Gasteiger partial charge in [-0.05, 0) is 37.7 Å². The van der Waals surface area contributed by atoms with Crippen LogP contribution < -0.4 is 0 Å². The molecule has 0 unspecified atom stereocenters. The van der Waals surface area contributed by atoms with E-state index in [0.29, 0.717) is 5.92 Å². The molecule has 1 N–H and O–H groups in total. The van der Waals surface area contributed by atoms with Gasteiger partial charge in [-0.15, -0.1) is 0 Å². The highest BCUT2D eigenvalue weighted by molar-refractivity contribution is 7.71. The van der Waals surface area contributed by atoms with Crippen molar-refractivity contribution in [1.29, 1.82) is 0 Å². The number of H-pyrrole nitrogens is 1. The van der Waals surface area contributed by atoms with E-state index in [9.17, 15) is 0 Å². The van der Waals surface area contributed by atoms with Gasteiger partial charge in [-0.3, -0.25) is 0 Å². The summed E-state index contributed by atoms with van der Waals surface area (Å²) in [5.41, 5.74) is 0. The van der Waals surface area contributed by atoms with Gasteiger partial charge in [0, 0.05) is 12.1 Å². The van der Waals surface area contributed by atoms with Crippen molar-refractivity contribution in [3.05, 3.63) is 22.7 Å². The Morgan fingerprint density at radius 2 is 2.13 bits per heavy atom. The average Bonchev–Trinajstić information content (AvgIpc) is 2.29. The minimum absolute atomic E-state index is 0.607. The molecule has 0 saturated heterocycles. The quantitative estimate of drug-likeness (QED) is 0.771. The van der Waals surface area contributed by atoms with E-state index < -0.39 is 0 Å². The first kappa shape index (κ1) is 10.8. The highest BCUT2D eigenvalue weighted by Crippen LogP contribution is 2.35. The topological polar surface area (TPSA) is 28.7 Å². The lowest BCUT2D eigenvalue weighted by atomic mass is 9.80. The molecule has 2 nitrogen and oxygen atoms in total. The second-order valence-electron chi connectivity index (χ2n) is 4.45. The monoisotopic (exact) mass is 222 g/mol. The SMILES string of the molecule is CCC1CCC(c2nccc(=S)[nH]2)CC1. The van der Waals surface area contributed by atoms with Crippen molar-refractivity contribution >= 4 is 12.2 Å². The Hall–Kier alpha value is -0.700. The molecule has 82 valence electrons. The number of hydrogen-bond donors (Lipinski definition) is 1. The Balaban J connectivity index is 2.04. The van der Waals surface area contributed by atoms with E-state index in [2.05, 4.69) is 16.9 Å². The van der Waals surface area contributed by atoms with Crippen LogP contribution in [0, 0.1) is 10.6 Å². The molecule has 1 fully saturated rings. The van der Waals surface area contributed by atoms with Crippen molar-refractivity contribution in [1.82, 2.24) is 9.97 Å². The molecular formula is C12H18N2S. The van der Waals surface area contributed by atoms with Crippen LogP contribution in [0.15, 0.2) is 12.3 Å². The summed E-state index contributed by atoms with van der Waals surface area (Å²) in [7, 11) is 0. The second kappa shape index (κ2) is 4.88. The van der Waals surface area contributed by atoms with E-state index >= 15 is 0 Å². The molecule has 1 aliphatic rings. The summed E-state index contributed by atoms with van der Waals surface area (Å²) in [6, 6.07) is 1.84. The molecule has 0 radical (unpaired) electrons. The van der Waals surface area contributed by atoms with Crippen molar-refractivity contribution < 1.29 is 0 Å². The van der Waals surface area contributed by atoms with Crippen LogP contribution in [0.25, 0.3) is 0 Å². The molecule has 1 heterocycles. The highest BCUT2D eigenvalue weighted by Gasteiger charge is 2.22. The van der Waals surface area contributed by atoms with Crippen molar-refractivity contribution in [2.45, 2.75) is 44.9 Å². The third-order valence-corrected chi connectivity index (χ3v) is 3.74. The van der Waals surface area contributed by atoms with Crippen molar-refractivity contribution in [2.24, 2.45) is 5.92 Å². The minimum atomic E-state index is 0.607. The van der Waals surface area contributed by atoms with Crippen LogP contribution in [0.1, 0.15) is 50.8 Å². The smallest absolute Gasteiger partial charge is 0.110 e. The number of aromatic amines is 1. The molecule has 1 saturated carbocycles. The van der Waals surface area contributed by atoms with Gasteiger partial charge in [-0.25, -0.2) is 4.98 Å². The summed E-state index contributed by atoms with van der Waals surface area (Å²) in [5, 5.41) is 0. The maximum absolute atomic E-state index is 5.12. The predicted molar refractivity (Wildman–Crippen MR) is 64.4 cm³/mol. The molecule has 1 aromatic rings. The molecule has 0 amide bonds. The summed E-state index contributed by atoms with van der Waals surface area (Å²) in [4.78, 5) is 7.61. The summed E-state index contributed by atoms with van der Waals surface area (Å²) in [5.74, 6) is 2.64. The number of hydrogen-bond acceptors (Lipinski definition) is 2. The van der Waals surface area contributed by atoms with Crippen LogP contribution in [0.2, 0.25) is 0 Å². The Bertz CT molecular complexity index is 364. The number of nitrogens with zero attached hydrogens (tertiary/aromatic N) is 1. The summed E-state index contributed by atoms with van der Waals surface area (Å²) in [6.45, 7) is 2.29. The lowest BCUT2D eigenvalue weighted by molar-refractivity contribution is 0.312. The zero-order valence-corrected chi connectivity index (χ0v) is 10.0. The van der Waals surface area contributed by atoms with Gasteiger partial charge in [0.2, 0.25) is 0 Å². The Morgan fingerprint density at radius 3 is 2.73 bits per heavy atom. The standard InChI is InChI=1S/C12H18N2S/c1-2-9-3-5-10(6-4-9)12-13-8-7-11(15)14-12/h7-10H,2-6H2,1H3,(H,13,14,15). The summed E-state index contributed by atoms with van der Waals surface area (Å²) >= 11 is 5.12. The molecule has 0 spiro atoms. The lowest BCUT2D eigenvalue weighted by Crippen LogP contribution is -2.14. The van der Waals surface area contributed by atoms with E-state index in [4.69, 9.17) is 12.2 Å². The van der Waals surface area contributed by atoms with Crippen molar-refractivity contribution in [3.63, 3.8) is 0 Å². The third-order valence-electron chi connectivity index (χ3n) is 3.50. The second-order valence-corrected chi connectivity index (χ2v) is 4.89. The van der Waals surface area contributed by atoms with E-state index in [1.165, 1.54) is 32.1 Å². The van der Waals surface area contributed by atoms with E-state index in [1.807, 2.05) is 12.3 Å². The molecule has 0 aliphatic heterocycles. The maximum atomic E-state index is 5.12. The first-order valence-electron chi connectivity index (χ1n) is 5.84. The fraction of sp³-hybridized carbons (Fsp3) is 0.667. The number of aromatic nitrogens is 2. The zero-order chi connectivity index (χ0) is 10.7. The normalized spacial score (nSPS) is 26.5. The summed E-state index contributed by atoms with van der Waals surface area (Å²) < 4.78 is 0.803. The molecule has 1 aliphatic carbocycles.